The fraction of sp³-hybridized carbons (Fsp3) is 0.286. The molecule has 3 nitrogen and oxygen atoms in total. The third-order valence-electron chi connectivity index (χ3n) is 2.84. The van der Waals surface area contributed by atoms with Crippen molar-refractivity contribution in [3.8, 4) is 0 Å². The number of hydrogen-bond donors (Lipinski definition) is 1. The topological polar surface area (TPSA) is 42.4 Å². The van der Waals surface area contributed by atoms with Crippen LogP contribution in [-0.2, 0) is 13.1 Å². The van der Waals surface area contributed by atoms with Gasteiger partial charge in [-0.1, -0.05) is 12.1 Å². The number of furan rings is 1. The molecule has 0 bridgehead atoms. The summed E-state index contributed by atoms with van der Waals surface area (Å²) in [5, 5.41) is 0. The molecule has 0 spiro atoms. The fourth-order valence-electron chi connectivity index (χ4n) is 1.88. The summed E-state index contributed by atoms with van der Waals surface area (Å²) >= 11 is 0. The average Bonchev–Trinajstić information content (AvgIpc) is 2.85. The van der Waals surface area contributed by atoms with Crippen LogP contribution in [0.3, 0.4) is 0 Å². The molecule has 0 aliphatic rings. The first-order valence-corrected chi connectivity index (χ1v) is 6.01. The van der Waals surface area contributed by atoms with Crippen LogP contribution in [0.4, 0.5) is 10.1 Å². The molecule has 0 saturated heterocycles. The van der Waals surface area contributed by atoms with Crippen LogP contribution in [0.25, 0.3) is 0 Å². The van der Waals surface area contributed by atoms with E-state index in [1.807, 2.05) is 30.0 Å². The van der Waals surface area contributed by atoms with Crippen molar-refractivity contribution in [3.63, 3.8) is 0 Å². The Morgan fingerprint density at radius 3 is 2.50 bits per heavy atom. The molecule has 0 aliphatic heterocycles. The lowest BCUT2D eigenvalue weighted by molar-refractivity contribution is 0.461. The van der Waals surface area contributed by atoms with E-state index in [1.165, 1.54) is 6.07 Å². The Balaban J connectivity index is 2.17. The summed E-state index contributed by atoms with van der Waals surface area (Å²) in [6.07, 6.45) is 0. The second kappa shape index (κ2) is 5.69. The SMILES string of the molecule is CCN(Cc1ccc(CN)o1)c1ccccc1F. The summed E-state index contributed by atoms with van der Waals surface area (Å²) in [4.78, 5) is 1.93. The molecular formula is C14H17FN2O. The Morgan fingerprint density at radius 1 is 1.17 bits per heavy atom. The molecule has 0 amide bonds. The molecule has 2 rings (SSSR count). The second-order valence-electron chi connectivity index (χ2n) is 4.04. The first-order valence-electron chi connectivity index (χ1n) is 6.01. The molecular weight excluding hydrogens is 231 g/mol. The number of halogens is 1. The minimum atomic E-state index is -0.218. The van der Waals surface area contributed by atoms with E-state index in [0.717, 1.165) is 11.5 Å². The van der Waals surface area contributed by atoms with E-state index in [1.54, 1.807) is 12.1 Å². The number of hydrogen-bond acceptors (Lipinski definition) is 3. The summed E-state index contributed by atoms with van der Waals surface area (Å²) in [5.74, 6) is 1.32. The van der Waals surface area contributed by atoms with Crippen LogP contribution < -0.4 is 10.6 Å². The van der Waals surface area contributed by atoms with Gasteiger partial charge in [0.2, 0.25) is 0 Å². The van der Waals surface area contributed by atoms with Gasteiger partial charge in [0.1, 0.15) is 17.3 Å². The maximum Gasteiger partial charge on any atom is 0.146 e. The zero-order chi connectivity index (χ0) is 13.0. The summed E-state index contributed by atoms with van der Waals surface area (Å²) in [6, 6.07) is 10.5. The number of nitrogens with two attached hydrogens (primary N) is 1. The minimum absolute atomic E-state index is 0.218. The maximum absolute atomic E-state index is 13.7. The molecule has 1 heterocycles. The van der Waals surface area contributed by atoms with Crippen molar-refractivity contribution in [3.05, 3.63) is 53.7 Å². The van der Waals surface area contributed by atoms with Gasteiger partial charge in [-0.3, -0.25) is 0 Å². The van der Waals surface area contributed by atoms with Gasteiger partial charge in [0.25, 0.3) is 0 Å². The van der Waals surface area contributed by atoms with E-state index >= 15 is 0 Å². The number of benzene rings is 1. The summed E-state index contributed by atoms with van der Waals surface area (Å²) in [7, 11) is 0. The highest BCUT2D eigenvalue weighted by Gasteiger charge is 2.11. The van der Waals surface area contributed by atoms with Gasteiger partial charge in [-0.25, -0.2) is 4.39 Å². The average molecular weight is 248 g/mol. The predicted octanol–water partition coefficient (Wildman–Crippen LogP) is 2.90. The van der Waals surface area contributed by atoms with Crippen molar-refractivity contribution in [2.45, 2.75) is 20.0 Å². The van der Waals surface area contributed by atoms with Crippen molar-refractivity contribution in [2.24, 2.45) is 5.73 Å². The lowest BCUT2D eigenvalue weighted by Gasteiger charge is -2.22. The van der Waals surface area contributed by atoms with Gasteiger partial charge in [0.05, 0.1) is 18.8 Å². The Morgan fingerprint density at radius 2 is 1.89 bits per heavy atom. The molecule has 1 aromatic carbocycles. The molecule has 0 radical (unpaired) electrons. The number of anilines is 1. The van der Waals surface area contributed by atoms with Crippen molar-refractivity contribution in [1.82, 2.24) is 0 Å². The summed E-state index contributed by atoms with van der Waals surface area (Å²) < 4.78 is 19.2. The van der Waals surface area contributed by atoms with Crippen molar-refractivity contribution in [1.29, 1.82) is 0 Å². The molecule has 0 unspecified atom stereocenters. The van der Waals surface area contributed by atoms with Crippen LogP contribution >= 0.6 is 0 Å². The standard InChI is InChI=1S/C14H17FN2O/c1-2-17(14-6-4-3-5-13(14)15)10-12-8-7-11(9-16)18-12/h3-8H,2,9-10,16H2,1H3. The Kier molecular flexibility index (Phi) is 3.99. The molecule has 2 aromatic rings. The molecule has 0 saturated carbocycles. The lowest BCUT2D eigenvalue weighted by Crippen LogP contribution is -2.22. The molecule has 4 heteroatoms. The van der Waals surface area contributed by atoms with Crippen LogP contribution in [0.1, 0.15) is 18.4 Å². The maximum atomic E-state index is 13.7. The second-order valence-corrected chi connectivity index (χ2v) is 4.04. The van der Waals surface area contributed by atoms with Crippen molar-refractivity contribution in [2.75, 3.05) is 11.4 Å². The number of para-hydroxylation sites is 1. The number of nitrogens with zero attached hydrogens (tertiary/aromatic N) is 1. The molecule has 0 fully saturated rings. The Bertz CT molecular complexity index is 510. The molecule has 18 heavy (non-hydrogen) atoms. The quantitative estimate of drug-likeness (QED) is 0.884. The van der Waals surface area contributed by atoms with Gasteiger partial charge in [0, 0.05) is 6.54 Å². The zero-order valence-corrected chi connectivity index (χ0v) is 10.4. The Hall–Kier alpha value is -1.81. The first-order chi connectivity index (χ1) is 8.74. The molecule has 96 valence electrons. The molecule has 2 N–H and O–H groups in total. The highest BCUT2D eigenvalue weighted by atomic mass is 19.1. The third-order valence-corrected chi connectivity index (χ3v) is 2.84. The van der Waals surface area contributed by atoms with E-state index in [2.05, 4.69) is 0 Å². The van der Waals surface area contributed by atoms with Gasteiger partial charge in [0.15, 0.2) is 0 Å². The Labute approximate surface area is 106 Å². The largest absolute Gasteiger partial charge is 0.463 e. The van der Waals surface area contributed by atoms with E-state index in [-0.39, 0.29) is 5.82 Å². The molecule has 0 aliphatic carbocycles. The predicted molar refractivity (Wildman–Crippen MR) is 69.7 cm³/mol. The van der Waals surface area contributed by atoms with E-state index in [4.69, 9.17) is 10.2 Å². The number of rotatable bonds is 5. The van der Waals surface area contributed by atoms with Crippen LogP contribution in [0.2, 0.25) is 0 Å². The fourth-order valence-corrected chi connectivity index (χ4v) is 1.88. The van der Waals surface area contributed by atoms with Gasteiger partial charge in [-0.05, 0) is 31.2 Å². The molecule has 1 aromatic heterocycles. The first kappa shape index (κ1) is 12.6. The summed E-state index contributed by atoms with van der Waals surface area (Å²) in [6.45, 7) is 3.61. The van der Waals surface area contributed by atoms with Crippen LogP contribution in [-0.4, -0.2) is 6.54 Å². The normalized spacial score (nSPS) is 10.6. The van der Waals surface area contributed by atoms with Gasteiger partial charge in [-0.15, -0.1) is 0 Å². The van der Waals surface area contributed by atoms with Gasteiger partial charge in [-0.2, -0.15) is 0 Å². The van der Waals surface area contributed by atoms with E-state index < -0.39 is 0 Å². The third kappa shape index (κ3) is 2.71. The molecule has 0 atom stereocenters. The van der Waals surface area contributed by atoms with Gasteiger partial charge >= 0.3 is 0 Å². The lowest BCUT2D eigenvalue weighted by atomic mass is 10.2. The summed E-state index contributed by atoms with van der Waals surface area (Å²) in [5.41, 5.74) is 6.08. The smallest absolute Gasteiger partial charge is 0.146 e. The van der Waals surface area contributed by atoms with E-state index in [0.29, 0.717) is 25.3 Å². The van der Waals surface area contributed by atoms with Crippen LogP contribution in [0, 0.1) is 5.82 Å². The van der Waals surface area contributed by atoms with Crippen LogP contribution in [0.15, 0.2) is 40.8 Å². The van der Waals surface area contributed by atoms with Crippen LogP contribution in [0.5, 0.6) is 0 Å². The highest BCUT2D eigenvalue weighted by Crippen LogP contribution is 2.21. The zero-order valence-electron chi connectivity index (χ0n) is 10.4. The minimum Gasteiger partial charge on any atom is -0.463 e. The van der Waals surface area contributed by atoms with Crippen molar-refractivity contribution >= 4 is 5.69 Å². The van der Waals surface area contributed by atoms with E-state index in [9.17, 15) is 4.39 Å². The van der Waals surface area contributed by atoms with Gasteiger partial charge < -0.3 is 15.1 Å². The highest BCUT2D eigenvalue weighted by molar-refractivity contribution is 5.47. The van der Waals surface area contributed by atoms with Crippen molar-refractivity contribution < 1.29 is 8.81 Å². The monoisotopic (exact) mass is 248 g/mol.